The summed E-state index contributed by atoms with van der Waals surface area (Å²) < 4.78 is 32.5. The molecule has 1 aromatic rings. The van der Waals surface area contributed by atoms with Gasteiger partial charge in [0, 0.05) is 26.2 Å². The van der Waals surface area contributed by atoms with Crippen LogP contribution < -0.4 is 11.1 Å². The molecule has 0 aliphatic carbocycles. The van der Waals surface area contributed by atoms with Gasteiger partial charge >= 0.3 is 0 Å². The van der Waals surface area contributed by atoms with E-state index in [1.165, 1.54) is 0 Å². The molecule has 0 radical (unpaired) electrons. The smallest absolute Gasteiger partial charge is 0.243 e. The molecular weight excluding hydrogens is 467 g/mol. The minimum absolute atomic E-state index is 0. The number of nitrogens with zero attached hydrogens (tertiary/aromatic N) is 2. The van der Waals surface area contributed by atoms with Crippen LogP contribution >= 0.6 is 24.0 Å². The fraction of sp³-hybridized carbons (Fsp3) is 0.588. The second-order valence-corrected chi connectivity index (χ2v) is 8.18. The molecule has 1 unspecified atom stereocenters. The largest absolute Gasteiger partial charge is 0.383 e. The van der Waals surface area contributed by atoms with Crippen molar-refractivity contribution in [1.29, 1.82) is 0 Å². The molecule has 1 atom stereocenters. The van der Waals surface area contributed by atoms with E-state index < -0.39 is 10.0 Å². The summed E-state index contributed by atoms with van der Waals surface area (Å²) >= 11 is 0. The molecule has 0 aromatic heterocycles. The molecule has 3 N–H and O–H groups in total. The van der Waals surface area contributed by atoms with Gasteiger partial charge in [-0.15, -0.1) is 24.0 Å². The molecule has 1 aliphatic rings. The Kier molecular flexibility index (Phi) is 9.83. The number of methoxy groups -OCH3 is 1. The van der Waals surface area contributed by atoms with Crippen molar-refractivity contribution < 1.29 is 13.2 Å². The maximum atomic E-state index is 12.9. The average molecular weight is 496 g/mol. The van der Waals surface area contributed by atoms with Gasteiger partial charge in [-0.3, -0.25) is 0 Å². The molecule has 0 spiro atoms. The number of sulfonamides is 1. The molecule has 2 rings (SSSR count). The van der Waals surface area contributed by atoms with Gasteiger partial charge in [-0.2, -0.15) is 4.31 Å². The van der Waals surface area contributed by atoms with E-state index in [-0.39, 0.29) is 42.5 Å². The van der Waals surface area contributed by atoms with Crippen molar-refractivity contribution in [3.63, 3.8) is 0 Å². The Balaban J connectivity index is 0.00000338. The molecule has 1 fully saturated rings. The first-order valence-corrected chi connectivity index (χ1v) is 10.0. The summed E-state index contributed by atoms with van der Waals surface area (Å²) in [4.78, 5) is 4.60. The van der Waals surface area contributed by atoms with Crippen LogP contribution in [0.5, 0.6) is 0 Å². The van der Waals surface area contributed by atoms with Gasteiger partial charge in [0.25, 0.3) is 0 Å². The first-order valence-electron chi connectivity index (χ1n) is 8.58. The van der Waals surface area contributed by atoms with Gasteiger partial charge in [-0.05, 0) is 31.4 Å². The van der Waals surface area contributed by atoms with E-state index >= 15 is 0 Å². The first-order chi connectivity index (χ1) is 11.9. The van der Waals surface area contributed by atoms with Crippen molar-refractivity contribution >= 4 is 40.0 Å². The molecule has 1 aromatic carbocycles. The van der Waals surface area contributed by atoms with Crippen LogP contribution in [-0.4, -0.2) is 51.5 Å². The maximum Gasteiger partial charge on any atom is 0.243 e. The minimum Gasteiger partial charge on any atom is -0.383 e. The molecule has 26 heavy (non-hydrogen) atoms. The predicted octanol–water partition coefficient (Wildman–Crippen LogP) is 1.92. The average Bonchev–Trinajstić information content (AvgIpc) is 2.61. The van der Waals surface area contributed by atoms with E-state index in [1.54, 1.807) is 29.6 Å². The van der Waals surface area contributed by atoms with Gasteiger partial charge in [0.15, 0.2) is 5.96 Å². The number of nitrogens with two attached hydrogens (primary N) is 1. The Hall–Kier alpha value is -0.910. The SMILES string of the molecule is COCC(C)NC(N)=NCc1ccccc1S(=O)(=O)N1CCCCC1.I. The number of benzene rings is 1. The maximum absolute atomic E-state index is 12.9. The predicted molar refractivity (Wildman–Crippen MR) is 114 cm³/mol. The Morgan fingerprint density at radius 3 is 2.62 bits per heavy atom. The number of rotatable bonds is 7. The highest BCUT2D eigenvalue weighted by Crippen LogP contribution is 2.24. The van der Waals surface area contributed by atoms with Crippen LogP contribution in [-0.2, 0) is 21.3 Å². The highest BCUT2D eigenvalue weighted by Gasteiger charge is 2.27. The summed E-state index contributed by atoms with van der Waals surface area (Å²) in [5, 5.41) is 3.02. The summed E-state index contributed by atoms with van der Waals surface area (Å²) in [6.07, 6.45) is 2.90. The molecule has 1 saturated heterocycles. The standard InChI is InChI=1S/C17H28N4O3S.HI/c1-14(13-24-2)20-17(18)19-12-15-8-4-5-9-16(15)25(22,23)21-10-6-3-7-11-21;/h4-5,8-9,14H,3,6-7,10-13H2,1-2H3,(H3,18,19,20);1H. The summed E-state index contributed by atoms with van der Waals surface area (Å²) in [6, 6.07) is 7.02. The van der Waals surface area contributed by atoms with Crippen molar-refractivity contribution in [2.75, 3.05) is 26.8 Å². The fourth-order valence-electron chi connectivity index (χ4n) is 2.89. The van der Waals surface area contributed by atoms with E-state index in [1.807, 2.05) is 13.0 Å². The first kappa shape index (κ1) is 23.1. The number of hydrogen-bond acceptors (Lipinski definition) is 4. The number of aliphatic imine (C=N–C) groups is 1. The van der Waals surface area contributed by atoms with E-state index in [0.29, 0.717) is 30.2 Å². The molecule has 9 heteroatoms. The number of guanidine groups is 1. The van der Waals surface area contributed by atoms with Crippen LogP contribution in [0.2, 0.25) is 0 Å². The lowest BCUT2D eigenvalue weighted by atomic mass is 10.2. The number of halogens is 1. The van der Waals surface area contributed by atoms with Crippen LogP contribution in [0.15, 0.2) is 34.2 Å². The van der Waals surface area contributed by atoms with Crippen molar-refractivity contribution in [2.45, 2.75) is 43.7 Å². The zero-order chi connectivity index (χ0) is 18.3. The van der Waals surface area contributed by atoms with Crippen molar-refractivity contribution in [1.82, 2.24) is 9.62 Å². The van der Waals surface area contributed by atoms with Crippen molar-refractivity contribution in [2.24, 2.45) is 10.7 Å². The molecule has 148 valence electrons. The third-order valence-electron chi connectivity index (χ3n) is 4.14. The lowest BCUT2D eigenvalue weighted by molar-refractivity contribution is 0.179. The quantitative estimate of drug-likeness (QED) is 0.342. The van der Waals surface area contributed by atoms with E-state index in [0.717, 1.165) is 19.3 Å². The number of piperidine rings is 1. The van der Waals surface area contributed by atoms with Crippen LogP contribution in [0.1, 0.15) is 31.7 Å². The van der Waals surface area contributed by atoms with E-state index in [9.17, 15) is 8.42 Å². The fourth-order valence-corrected chi connectivity index (χ4v) is 4.62. The molecule has 7 nitrogen and oxygen atoms in total. The van der Waals surface area contributed by atoms with Crippen LogP contribution in [0.4, 0.5) is 0 Å². The van der Waals surface area contributed by atoms with Crippen molar-refractivity contribution in [3.05, 3.63) is 29.8 Å². The molecule has 1 aliphatic heterocycles. The van der Waals surface area contributed by atoms with Gasteiger partial charge in [0.1, 0.15) is 0 Å². The second kappa shape index (κ2) is 11.1. The molecular formula is C17H29IN4O3S. The van der Waals surface area contributed by atoms with Crippen LogP contribution in [0, 0.1) is 0 Å². The van der Waals surface area contributed by atoms with Crippen molar-refractivity contribution in [3.8, 4) is 0 Å². The third-order valence-corrected chi connectivity index (χ3v) is 6.14. The lowest BCUT2D eigenvalue weighted by Gasteiger charge is -2.26. The summed E-state index contributed by atoms with van der Waals surface area (Å²) in [5.41, 5.74) is 6.53. The Labute approximate surface area is 173 Å². The Bertz CT molecular complexity index is 691. The van der Waals surface area contributed by atoms with Gasteiger partial charge in [0.2, 0.25) is 10.0 Å². The Morgan fingerprint density at radius 2 is 1.96 bits per heavy atom. The zero-order valence-corrected chi connectivity index (χ0v) is 18.5. The number of nitrogens with one attached hydrogen (secondary N) is 1. The van der Waals surface area contributed by atoms with E-state index in [2.05, 4.69) is 10.3 Å². The monoisotopic (exact) mass is 496 g/mol. The topological polar surface area (TPSA) is 97.0 Å². The van der Waals surface area contributed by atoms with Crippen LogP contribution in [0.25, 0.3) is 0 Å². The van der Waals surface area contributed by atoms with Gasteiger partial charge in [0.05, 0.1) is 18.0 Å². The summed E-state index contributed by atoms with van der Waals surface area (Å²) in [7, 11) is -1.87. The lowest BCUT2D eigenvalue weighted by Crippen LogP contribution is -2.40. The normalized spacial score (nSPS) is 17.4. The summed E-state index contributed by atoms with van der Waals surface area (Å²) in [6.45, 7) is 3.81. The molecule has 0 saturated carbocycles. The highest BCUT2D eigenvalue weighted by atomic mass is 127. The Morgan fingerprint density at radius 1 is 1.31 bits per heavy atom. The third kappa shape index (κ3) is 6.36. The highest BCUT2D eigenvalue weighted by molar-refractivity contribution is 14.0. The van der Waals surface area contributed by atoms with Gasteiger partial charge < -0.3 is 15.8 Å². The second-order valence-electron chi connectivity index (χ2n) is 6.27. The molecule has 0 bridgehead atoms. The van der Waals surface area contributed by atoms with Gasteiger partial charge in [-0.1, -0.05) is 24.6 Å². The van der Waals surface area contributed by atoms with Crippen LogP contribution in [0.3, 0.4) is 0 Å². The minimum atomic E-state index is -3.49. The summed E-state index contributed by atoms with van der Waals surface area (Å²) in [5.74, 6) is 0.273. The zero-order valence-electron chi connectivity index (χ0n) is 15.3. The number of ether oxygens (including phenoxy) is 1. The number of hydrogen-bond donors (Lipinski definition) is 2. The molecule has 1 heterocycles. The molecule has 0 amide bonds. The van der Waals surface area contributed by atoms with E-state index in [4.69, 9.17) is 10.5 Å². The van der Waals surface area contributed by atoms with Gasteiger partial charge in [-0.25, -0.2) is 13.4 Å².